The second-order valence-corrected chi connectivity index (χ2v) is 5.44. The lowest BCUT2D eigenvalue weighted by atomic mass is 10.0. The van der Waals surface area contributed by atoms with E-state index in [2.05, 4.69) is 18.0 Å². The van der Waals surface area contributed by atoms with Crippen LogP contribution in [0, 0.1) is 6.92 Å². The van der Waals surface area contributed by atoms with Gasteiger partial charge in [0.25, 0.3) is 0 Å². The molecular weight excluding hydrogens is 270 g/mol. The maximum atomic E-state index is 6.46. The number of aromatic nitrogens is 3. The number of hydrogen-bond acceptors (Lipinski definition) is 2. The van der Waals surface area contributed by atoms with Gasteiger partial charge in [-0.05, 0) is 36.1 Å². The van der Waals surface area contributed by atoms with Crippen LogP contribution in [0.4, 0.5) is 0 Å². The zero-order chi connectivity index (χ0) is 13.9. The van der Waals surface area contributed by atoms with E-state index in [1.54, 1.807) is 0 Å². The molecule has 20 heavy (non-hydrogen) atoms. The number of fused-ring (bicyclic) bond motifs is 4. The quantitative estimate of drug-likeness (QED) is 0.453. The average Bonchev–Trinajstić information content (AvgIpc) is 2.83. The Morgan fingerprint density at radius 3 is 2.90 bits per heavy atom. The molecule has 2 aliphatic rings. The van der Waals surface area contributed by atoms with Crippen molar-refractivity contribution in [2.75, 3.05) is 0 Å². The zero-order valence-corrected chi connectivity index (χ0v) is 11.9. The number of aryl methyl sites for hydroxylation is 2. The highest BCUT2D eigenvalue weighted by Crippen LogP contribution is 2.39. The normalized spacial score (nSPS) is 11.8. The molecular formula is C16H12ClN3. The van der Waals surface area contributed by atoms with Crippen molar-refractivity contribution in [3.8, 4) is 11.3 Å². The van der Waals surface area contributed by atoms with Gasteiger partial charge in [-0.2, -0.15) is 0 Å². The molecule has 0 unspecified atom stereocenters. The van der Waals surface area contributed by atoms with E-state index in [0.29, 0.717) is 5.15 Å². The van der Waals surface area contributed by atoms with Crippen LogP contribution >= 0.6 is 11.6 Å². The highest BCUT2D eigenvalue weighted by atomic mass is 35.5. The van der Waals surface area contributed by atoms with Crippen molar-refractivity contribution >= 4 is 33.3 Å². The fraction of sp³-hybridized carbons (Fsp3) is 0.125. The molecule has 0 amide bonds. The lowest BCUT2D eigenvalue weighted by molar-refractivity contribution is 0.906. The molecule has 0 spiro atoms. The first-order valence-electron chi connectivity index (χ1n) is 6.44. The summed E-state index contributed by atoms with van der Waals surface area (Å²) in [5.74, 6) is 0. The predicted octanol–water partition coefficient (Wildman–Crippen LogP) is 4.19. The van der Waals surface area contributed by atoms with Gasteiger partial charge in [-0.3, -0.25) is 4.98 Å². The smallest absolute Gasteiger partial charge is 0.118 e. The summed E-state index contributed by atoms with van der Waals surface area (Å²) >= 11 is 6.46. The maximum Gasteiger partial charge on any atom is 0.118 e. The predicted molar refractivity (Wildman–Crippen MR) is 82.4 cm³/mol. The van der Waals surface area contributed by atoms with Crippen LogP contribution in [0.5, 0.6) is 0 Å². The molecule has 1 aromatic heterocycles. The van der Waals surface area contributed by atoms with Gasteiger partial charge in [0.05, 0.1) is 11.2 Å². The van der Waals surface area contributed by atoms with Crippen LogP contribution in [-0.2, 0) is 7.05 Å². The standard InChI is InChI=1S/C16H12ClN3/c1-9-11-3-5-18-8-10(11)7-12-14-13(19-15(9)12)4-6-20(2)16(14)17/h3-8H,1-2H3. The number of benzene rings is 1. The molecule has 3 nitrogen and oxygen atoms in total. The van der Waals surface area contributed by atoms with Crippen molar-refractivity contribution in [3.05, 3.63) is 47.5 Å². The van der Waals surface area contributed by atoms with E-state index in [9.17, 15) is 0 Å². The summed E-state index contributed by atoms with van der Waals surface area (Å²) in [5, 5.41) is 4.12. The third kappa shape index (κ3) is 1.41. The SMILES string of the molecule is Cc1c2ccncc2cc2c3c(Cl)n(C)ccc-3nc12. The minimum Gasteiger partial charge on any atom is -0.341 e. The molecule has 0 radical (unpaired) electrons. The van der Waals surface area contributed by atoms with E-state index in [4.69, 9.17) is 16.6 Å². The van der Waals surface area contributed by atoms with Gasteiger partial charge in [0, 0.05) is 42.0 Å². The molecule has 0 fully saturated rings. The average molecular weight is 282 g/mol. The monoisotopic (exact) mass is 281 g/mol. The Morgan fingerprint density at radius 1 is 1.20 bits per heavy atom. The second-order valence-electron chi connectivity index (χ2n) is 5.08. The first-order valence-corrected chi connectivity index (χ1v) is 6.82. The minimum atomic E-state index is 0.715. The van der Waals surface area contributed by atoms with Gasteiger partial charge >= 0.3 is 0 Å². The molecule has 0 atom stereocenters. The summed E-state index contributed by atoms with van der Waals surface area (Å²) in [6.07, 6.45) is 5.64. The zero-order valence-electron chi connectivity index (χ0n) is 11.2. The van der Waals surface area contributed by atoms with Gasteiger partial charge in [-0.25, -0.2) is 4.98 Å². The molecule has 0 aliphatic carbocycles. The minimum absolute atomic E-state index is 0.715. The highest BCUT2D eigenvalue weighted by molar-refractivity contribution is 6.34. The highest BCUT2D eigenvalue weighted by Gasteiger charge is 2.19. The van der Waals surface area contributed by atoms with Crippen molar-refractivity contribution in [2.24, 2.45) is 7.05 Å². The first-order chi connectivity index (χ1) is 9.66. The number of pyridine rings is 2. The van der Waals surface area contributed by atoms with Crippen molar-refractivity contribution in [3.63, 3.8) is 0 Å². The number of hydrogen-bond donors (Lipinski definition) is 0. The first kappa shape index (κ1) is 11.7. The Kier molecular flexibility index (Phi) is 2.30. The number of nitrogens with zero attached hydrogens (tertiary/aromatic N) is 3. The summed E-state index contributed by atoms with van der Waals surface area (Å²) in [4.78, 5) is 8.96. The molecule has 3 heterocycles. The third-order valence-corrected chi connectivity index (χ3v) is 4.35. The Morgan fingerprint density at radius 2 is 2.05 bits per heavy atom. The molecule has 0 saturated carbocycles. The molecule has 0 saturated heterocycles. The Hall–Kier alpha value is -2.13. The van der Waals surface area contributed by atoms with Gasteiger partial charge in [-0.1, -0.05) is 11.6 Å². The largest absolute Gasteiger partial charge is 0.341 e. The summed E-state index contributed by atoms with van der Waals surface area (Å²) in [5.41, 5.74) is 4.15. The van der Waals surface area contributed by atoms with Crippen molar-refractivity contribution < 1.29 is 0 Å². The van der Waals surface area contributed by atoms with E-state index in [1.165, 1.54) is 10.9 Å². The van der Waals surface area contributed by atoms with Crippen molar-refractivity contribution in [1.82, 2.24) is 14.5 Å². The van der Waals surface area contributed by atoms with Crippen LogP contribution in [0.1, 0.15) is 5.56 Å². The van der Waals surface area contributed by atoms with Gasteiger partial charge in [-0.15, -0.1) is 0 Å². The van der Waals surface area contributed by atoms with Crippen molar-refractivity contribution in [1.29, 1.82) is 0 Å². The summed E-state index contributed by atoms with van der Waals surface area (Å²) in [6.45, 7) is 2.10. The lowest BCUT2D eigenvalue weighted by Crippen LogP contribution is -1.94. The molecule has 2 aromatic rings. The van der Waals surface area contributed by atoms with Gasteiger partial charge in [0.15, 0.2) is 0 Å². The molecule has 0 N–H and O–H groups in total. The van der Waals surface area contributed by atoms with E-state index in [0.717, 1.165) is 27.5 Å². The molecule has 4 heteroatoms. The molecule has 1 aromatic carbocycles. The molecule has 4 rings (SSSR count). The molecule has 0 bridgehead atoms. The molecule has 2 aliphatic heterocycles. The van der Waals surface area contributed by atoms with Crippen LogP contribution in [-0.4, -0.2) is 14.5 Å². The summed E-state index contributed by atoms with van der Waals surface area (Å²) in [7, 11) is 1.94. The van der Waals surface area contributed by atoms with E-state index < -0.39 is 0 Å². The van der Waals surface area contributed by atoms with Gasteiger partial charge in [0.2, 0.25) is 0 Å². The van der Waals surface area contributed by atoms with E-state index in [-0.39, 0.29) is 0 Å². The fourth-order valence-electron chi connectivity index (χ4n) is 2.83. The van der Waals surface area contributed by atoms with Crippen LogP contribution < -0.4 is 0 Å². The van der Waals surface area contributed by atoms with Crippen LogP contribution in [0.3, 0.4) is 0 Å². The van der Waals surface area contributed by atoms with Gasteiger partial charge in [0.1, 0.15) is 5.15 Å². The van der Waals surface area contributed by atoms with E-state index >= 15 is 0 Å². The molecule has 98 valence electrons. The maximum absolute atomic E-state index is 6.46. The fourth-order valence-corrected chi connectivity index (χ4v) is 3.08. The number of rotatable bonds is 0. The third-order valence-electron chi connectivity index (χ3n) is 3.90. The van der Waals surface area contributed by atoms with Crippen LogP contribution in [0.2, 0.25) is 5.15 Å². The van der Waals surface area contributed by atoms with E-state index in [1.807, 2.05) is 42.3 Å². The Bertz CT molecular complexity index is 940. The van der Waals surface area contributed by atoms with Crippen molar-refractivity contribution in [2.45, 2.75) is 6.92 Å². The summed E-state index contributed by atoms with van der Waals surface area (Å²) in [6, 6.07) is 6.17. The van der Waals surface area contributed by atoms with Crippen LogP contribution in [0.25, 0.3) is 32.9 Å². The summed E-state index contributed by atoms with van der Waals surface area (Å²) < 4.78 is 1.91. The number of halogens is 1. The van der Waals surface area contributed by atoms with Crippen LogP contribution in [0.15, 0.2) is 36.8 Å². The second kappa shape index (κ2) is 3.93. The Labute approximate surface area is 121 Å². The Balaban J connectivity index is 2.29. The topological polar surface area (TPSA) is 30.7 Å². The van der Waals surface area contributed by atoms with Gasteiger partial charge < -0.3 is 4.57 Å². The lowest BCUT2D eigenvalue weighted by Gasteiger charge is -2.07.